The molecule has 0 saturated heterocycles. The van der Waals surface area contributed by atoms with Crippen LogP contribution in [0.3, 0.4) is 0 Å². The highest BCUT2D eigenvalue weighted by Crippen LogP contribution is 2.33. The molecule has 0 amide bonds. The first-order valence-electron chi connectivity index (χ1n) is 9.79. The number of hydrogen-bond acceptors (Lipinski definition) is 4. The number of nitro groups is 1. The zero-order valence-corrected chi connectivity index (χ0v) is 17.0. The summed E-state index contributed by atoms with van der Waals surface area (Å²) in [7, 11) is 0. The minimum absolute atomic E-state index is 0. The number of nitro benzene ring substituents is 1. The van der Waals surface area contributed by atoms with Crippen LogP contribution < -0.4 is 5.32 Å². The summed E-state index contributed by atoms with van der Waals surface area (Å²) in [5.74, 6) is 0.171. The SMILES string of the molecule is Cl.O=C(CCCNC1CCC(c2ccc([N+](=O)[O-])cc2)CC1)c1ccc(F)cc1. The van der Waals surface area contributed by atoms with Crippen LogP contribution in [-0.4, -0.2) is 23.3 Å². The van der Waals surface area contributed by atoms with Crippen LogP contribution in [0.4, 0.5) is 10.1 Å². The Kier molecular flexibility index (Phi) is 8.73. The number of Topliss-reactive ketones (excluding diaryl/α,β-unsaturated/α-hetero) is 1. The molecule has 0 aliphatic heterocycles. The zero-order valence-electron chi connectivity index (χ0n) is 16.2. The summed E-state index contributed by atoms with van der Waals surface area (Å²) in [6.45, 7) is 0.791. The molecule has 0 radical (unpaired) electrons. The molecule has 1 aliphatic carbocycles. The number of nitrogens with one attached hydrogen (secondary N) is 1. The number of carbonyl (C=O) groups is 1. The number of hydrogen-bond donors (Lipinski definition) is 1. The van der Waals surface area contributed by atoms with Crippen LogP contribution in [0.15, 0.2) is 48.5 Å². The largest absolute Gasteiger partial charge is 0.314 e. The number of halogens is 2. The summed E-state index contributed by atoms with van der Waals surface area (Å²) in [6.07, 6.45) is 5.46. The van der Waals surface area contributed by atoms with Gasteiger partial charge in [0.15, 0.2) is 5.78 Å². The molecular weight excluding hydrogens is 395 g/mol. The topological polar surface area (TPSA) is 72.2 Å². The van der Waals surface area contributed by atoms with E-state index in [2.05, 4.69) is 5.32 Å². The van der Waals surface area contributed by atoms with Gasteiger partial charge < -0.3 is 5.32 Å². The van der Waals surface area contributed by atoms with Gasteiger partial charge in [-0.1, -0.05) is 12.1 Å². The Balaban J connectivity index is 0.00000300. The molecule has 0 spiro atoms. The quantitative estimate of drug-likeness (QED) is 0.267. The van der Waals surface area contributed by atoms with E-state index < -0.39 is 0 Å². The Morgan fingerprint density at radius 2 is 1.66 bits per heavy atom. The van der Waals surface area contributed by atoms with E-state index in [0.717, 1.165) is 38.6 Å². The zero-order chi connectivity index (χ0) is 19.9. The van der Waals surface area contributed by atoms with E-state index in [9.17, 15) is 19.3 Å². The van der Waals surface area contributed by atoms with Gasteiger partial charge in [-0.2, -0.15) is 0 Å². The predicted octanol–water partition coefficient (Wildman–Crippen LogP) is 5.43. The molecule has 156 valence electrons. The lowest BCUT2D eigenvalue weighted by Gasteiger charge is -2.29. The lowest BCUT2D eigenvalue weighted by Crippen LogP contribution is -2.33. The summed E-state index contributed by atoms with van der Waals surface area (Å²) in [4.78, 5) is 22.5. The van der Waals surface area contributed by atoms with Gasteiger partial charge in [0.25, 0.3) is 5.69 Å². The van der Waals surface area contributed by atoms with Crippen LogP contribution in [0, 0.1) is 15.9 Å². The summed E-state index contributed by atoms with van der Waals surface area (Å²) in [5.41, 5.74) is 1.87. The first-order chi connectivity index (χ1) is 13.5. The average molecular weight is 421 g/mol. The molecule has 2 aromatic rings. The number of rotatable bonds is 8. The van der Waals surface area contributed by atoms with Gasteiger partial charge in [-0.25, -0.2) is 4.39 Å². The maximum absolute atomic E-state index is 12.9. The van der Waals surface area contributed by atoms with Crippen molar-refractivity contribution >= 4 is 23.9 Å². The van der Waals surface area contributed by atoms with Gasteiger partial charge in [0, 0.05) is 30.2 Å². The van der Waals surface area contributed by atoms with Crippen molar-refractivity contribution in [2.24, 2.45) is 0 Å². The second-order valence-corrected chi connectivity index (χ2v) is 7.38. The second-order valence-electron chi connectivity index (χ2n) is 7.38. The normalized spacial score (nSPS) is 18.7. The van der Waals surface area contributed by atoms with Gasteiger partial charge in [0.1, 0.15) is 5.82 Å². The van der Waals surface area contributed by atoms with Crippen molar-refractivity contribution < 1.29 is 14.1 Å². The summed E-state index contributed by atoms with van der Waals surface area (Å²) in [5, 5.41) is 14.3. The molecule has 0 heterocycles. The molecule has 29 heavy (non-hydrogen) atoms. The summed E-state index contributed by atoms with van der Waals surface area (Å²) in [6, 6.07) is 13.1. The molecular formula is C22H26ClFN2O3. The van der Waals surface area contributed by atoms with E-state index >= 15 is 0 Å². The summed E-state index contributed by atoms with van der Waals surface area (Å²) < 4.78 is 12.9. The highest BCUT2D eigenvalue weighted by Gasteiger charge is 2.22. The van der Waals surface area contributed by atoms with Crippen LogP contribution >= 0.6 is 12.4 Å². The molecule has 1 saturated carbocycles. The Morgan fingerprint density at radius 3 is 2.24 bits per heavy atom. The van der Waals surface area contributed by atoms with E-state index in [1.807, 2.05) is 12.1 Å². The number of benzene rings is 2. The van der Waals surface area contributed by atoms with Gasteiger partial charge in [-0.05, 0) is 74.4 Å². The van der Waals surface area contributed by atoms with E-state index in [0.29, 0.717) is 23.9 Å². The van der Waals surface area contributed by atoms with Crippen molar-refractivity contribution in [1.82, 2.24) is 5.32 Å². The van der Waals surface area contributed by atoms with Gasteiger partial charge in [0.2, 0.25) is 0 Å². The van der Waals surface area contributed by atoms with Crippen molar-refractivity contribution in [2.75, 3.05) is 6.54 Å². The molecule has 0 atom stereocenters. The van der Waals surface area contributed by atoms with Crippen molar-refractivity contribution in [2.45, 2.75) is 50.5 Å². The van der Waals surface area contributed by atoms with Crippen molar-refractivity contribution in [1.29, 1.82) is 0 Å². The van der Waals surface area contributed by atoms with Gasteiger partial charge in [0.05, 0.1) is 4.92 Å². The number of carbonyl (C=O) groups excluding carboxylic acids is 1. The van der Waals surface area contributed by atoms with E-state index in [-0.39, 0.29) is 34.6 Å². The molecule has 0 unspecified atom stereocenters. The fraction of sp³-hybridized carbons (Fsp3) is 0.409. The van der Waals surface area contributed by atoms with E-state index in [1.54, 1.807) is 12.1 Å². The lowest BCUT2D eigenvalue weighted by atomic mass is 9.81. The molecule has 1 N–H and O–H groups in total. The molecule has 0 bridgehead atoms. The molecule has 7 heteroatoms. The second kappa shape index (κ2) is 11.0. The number of ketones is 1. The molecule has 0 aromatic heterocycles. The molecule has 1 fully saturated rings. The van der Waals surface area contributed by atoms with Crippen molar-refractivity contribution in [3.8, 4) is 0 Å². The van der Waals surface area contributed by atoms with Crippen molar-refractivity contribution in [3.63, 3.8) is 0 Å². The van der Waals surface area contributed by atoms with E-state index in [1.165, 1.54) is 29.8 Å². The Labute approximate surface area is 176 Å². The van der Waals surface area contributed by atoms with Crippen molar-refractivity contribution in [3.05, 3.63) is 75.6 Å². The van der Waals surface area contributed by atoms with Crippen LogP contribution in [0.2, 0.25) is 0 Å². The van der Waals surface area contributed by atoms with Gasteiger partial charge in [-0.3, -0.25) is 14.9 Å². The average Bonchev–Trinajstić information content (AvgIpc) is 2.72. The first kappa shape index (κ1) is 23.0. The van der Waals surface area contributed by atoms with Crippen LogP contribution in [0.5, 0.6) is 0 Å². The monoisotopic (exact) mass is 420 g/mol. The highest BCUT2D eigenvalue weighted by atomic mass is 35.5. The maximum Gasteiger partial charge on any atom is 0.269 e. The Bertz CT molecular complexity index is 804. The third-order valence-electron chi connectivity index (χ3n) is 5.48. The Hall–Kier alpha value is -2.31. The highest BCUT2D eigenvalue weighted by molar-refractivity contribution is 5.95. The molecule has 5 nitrogen and oxygen atoms in total. The van der Waals surface area contributed by atoms with Crippen LogP contribution in [0.25, 0.3) is 0 Å². The minimum Gasteiger partial charge on any atom is -0.314 e. The third kappa shape index (κ3) is 6.61. The maximum atomic E-state index is 12.9. The minimum atomic E-state index is -0.370. The lowest BCUT2D eigenvalue weighted by molar-refractivity contribution is -0.384. The Morgan fingerprint density at radius 1 is 1.03 bits per heavy atom. The first-order valence-corrected chi connectivity index (χ1v) is 9.79. The number of non-ortho nitro benzene ring substituents is 1. The van der Waals surface area contributed by atoms with Crippen LogP contribution in [0.1, 0.15) is 60.4 Å². The van der Waals surface area contributed by atoms with Crippen LogP contribution in [-0.2, 0) is 0 Å². The van der Waals surface area contributed by atoms with Gasteiger partial charge in [-0.15, -0.1) is 12.4 Å². The smallest absolute Gasteiger partial charge is 0.269 e. The fourth-order valence-corrected chi connectivity index (χ4v) is 3.83. The molecule has 2 aromatic carbocycles. The molecule has 1 aliphatic rings. The third-order valence-corrected chi connectivity index (χ3v) is 5.48. The van der Waals surface area contributed by atoms with Gasteiger partial charge >= 0.3 is 0 Å². The predicted molar refractivity (Wildman–Crippen MR) is 113 cm³/mol. The molecule has 3 rings (SSSR count). The fourth-order valence-electron chi connectivity index (χ4n) is 3.83. The number of nitrogens with zero attached hydrogens (tertiary/aromatic N) is 1. The van der Waals surface area contributed by atoms with E-state index in [4.69, 9.17) is 0 Å². The standard InChI is InChI=1S/C22H25FN2O3.ClH/c23-19-9-3-18(4-10-19)22(26)2-1-15-24-20-11-5-16(6-12-20)17-7-13-21(14-8-17)25(27)28;/h3-4,7-10,13-14,16,20,24H,1-2,5-6,11-12,15H2;1H. The summed E-state index contributed by atoms with van der Waals surface area (Å²) >= 11 is 0.